The van der Waals surface area contributed by atoms with E-state index >= 15 is 0 Å². The SMILES string of the molecule is CC(C)C(=O)N1CCC(C(=O)N(Cc2ccc(F)cc2F)C2CC2)CC1. The third-order valence-corrected chi connectivity index (χ3v) is 5.28. The highest BCUT2D eigenvalue weighted by Gasteiger charge is 2.37. The van der Waals surface area contributed by atoms with Gasteiger partial charge in [-0.3, -0.25) is 9.59 Å². The lowest BCUT2D eigenvalue weighted by molar-refractivity contribution is -0.142. The fourth-order valence-electron chi connectivity index (χ4n) is 3.55. The van der Waals surface area contributed by atoms with E-state index in [-0.39, 0.29) is 36.2 Å². The zero-order valence-electron chi connectivity index (χ0n) is 15.4. The maximum absolute atomic E-state index is 14.0. The molecule has 0 spiro atoms. The maximum atomic E-state index is 14.0. The minimum atomic E-state index is -0.613. The van der Waals surface area contributed by atoms with Crippen molar-refractivity contribution in [3.8, 4) is 0 Å². The van der Waals surface area contributed by atoms with E-state index in [0.29, 0.717) is 31.5 Å². The molecule has 1 aromatic carbocycles. The van der Waals surface area contributed by atoms with Crippen LogP contribution in [-0.4, -0.2) is 40.7 Å². The Balaban J connectivity index is 1.64. The number of halogens is 2. The lowest BCUT2D eigenvalue weighted by Crippen LogP contribution is -2.45. The summed E-state index contributed by atoms with van der Waals surface area (Å²) in [5.74, 6) is -1.23. The first kappa shape index (κ1) is 18.8. The van der Waals surface area contributed by atoms with Crippen LogP contribution in [0.15, 0.2) is 18.2 Å². The van der Waals surface area contributed by atoms with Gasteiger partial charge in [0.2, 0.25) is 11.8 Å². The van der Waals surface area contributed by atoms with Crippen molar-refractivity contribution < 1.29 is 18.4 Å². The van der Waals surface area contributed by atoms with Gasteiger partial charge in [0.05, 0.1) is 0 Å². The Morgan fingerprint density at radius 1 is 1.15 bits per heavy atom. The lowest BCUT2D eigenvalue weighted by Gasteiger charge is -2.35. The summed E-state index contributed by atoms with van der Waals surface area (Å²) in [5, 5.41) is 0. The minimum absolute atomic E-state index is 0.0351. The van der Waals surface area contributed by atoms with Gasteiger partial charge in [0.1, 0.15) is 11.6 Å². The van der Waals surface area contributed by atoms with Gasteiger partial charge in [-0.25, -0.2) is 8.78 Å². The monoisotopic (exact) mass is 364 g/mol. The molecule has 2 fully saturated rings. The molecule has 3 rings (SSSR count). The van der Waals surface area contributed by atoms with Crippen LogP contribution in [-0.2, 0) is 16.1 Å². The second-order valence-corrected chi connectivity index (χ2v) is 7.69. The van der Waals surface area contributed by atoms with Gasteiger partial charge < -0.3 is 9.80 Å². The Hall–Kier alpha value is -1.98. The van der Waals surface area contributed by atoms with Crippen molar-refractivity contribution in [3.63, 3.8) is 0 Å². The van der Waals surface area contributed by atoms with Gasteiger partial charge >= 0.3 is 0 Å². The van der Waals surface area contributed by atoms with Crippen molar-refractivity contribution in [1.29, 1.82) is 0 Å². The fourth-order valence-corrected chi connectivity index (χ4v) is 3.55. The van der Waals surface area contributed by atoms with Gasteiger partial charge in [0.25, 0.3) is 0 Å². The van der Waals surface area contributed by atoms with Crippen LogP contribution in [0.5, 0.6) is 0 Å². The van der Waals surface area contributed by atoms with E-state index in [0.717, 1.165) is 18.9 Å². The van der Waals surface area contributed by atoms with Crippen LogP contribution in [0.1, 0.15) is 45.1 Å². The molecule has 4 nitrogen and oxygen atoms in total. The summed E-state index contributed by atoms with van der Waals surface area (Å²) >= 11 is 0. The molecular formula is C20H26F2N2O2. The molecule has 1 saturated carbocycles. The quantitative estimate of drug-likeness (QED) is 0.804. The van der Waals surface area contributed by atoms with Crippen LogP contribution < -0.4 is 0 Å². The van der Waals surface area contributed by atoms with E-state index in [9.17, 15) is 18.4 Å². The molecule has 0 aromatic heterocycles. The summed E-state index contributed by atoms with van der Waals surface area (Å²) < 4.78 is 27.1. The molecule has 2 amide bonds. The molecule has 1 aromatic rings. The number of rotatable bonds is 5. The smallest absolute Gasteiger partial charge is 0.226 e. The first-order chi connectivity index (χ1) is 12.4. The average Bonchev–Trinajstić information content (AvgIpc) is 3.45. The normalized spacial score (nSPS) is 18.3. The van der Waals surface area contributed by atoms with Crippen molar-refractivity contribution in [2.24, 2.45) is 11.8 Å². The molecular weight excluding hydrogens is 338 g/mol. The van der Waals surface area contributed by atoms with Crippen LogP contribution in [0, 0.1) is 23.5 Å². The van der Waals surface area contributed by atoms with Crippen LogP contribution >= 0.6 is 0 Å². The van der Waals surface area contributed by atoms with Crippen LogP contribution in [0.25, 0.3) is 0 Å². The molecule has 1 saturated heterocycles. The van der Waals surface area contributed by atoms with Crippen molar-refractivity contribution in [3.05, 3.63) is 35.4 Å². The Bertz CT molecular complexity index is 680. The number of likely N-dealkylation sites (tertiary alicyclic amines) is 1. The Labute approximate surface area is 153 Å². The van der Waals surface area contributed by atoms with Gasteiger partial charge in [0, 0.05) is 49.1 Å². The van der Waals surface area contributed by atoms with Crippen molar-refractivity contribution in [2.75, 3.05) is 13.1 Å². The summed E-state index contributed by atoms with van der Waals surface area (Å²) in [4.78, 5) is 28.7. The number of hydrogen-bond acceptors (Lipinski definition) is 2. The number of benzene rings is 1. The second-order valence-electron chi connectivity index (χ2n) is 7.69. The van der Waals surface area contributed by atoms with Crippen molar-refractivity contribution >= 4 is 11.8 Å². The highest BCUT2D eigenvalue weighted by Crippen LogP contribution is 2.32. The molecule has 1 aliphatic heterocycles. The number of piperidine rings is 1. The average molecular weight is 364 g/mol. The summed E-state index contributed by atoms with van der Waals surface area (Å²) in [6, 6.07) is 3.66. The summed E-state index contributed by atoms with van der Waals surface area (Å²) in [5.41, 5.74) is 0.346. The van der Waals surface area contributed by atoms with E-state index < -0.39 is 11.6 Å². The number of nitrogens with zero attached hydrogens (tertiary/aromatic N) is 2. The molecule has 1 heterocycles. The molecule has 6 heteroatoms. The van der Waals surface area contributed by atoms with E-state index in [1.54, 1.807) is 4.90 Å². The van der Waals surface area contributed by atoms with E-state index in [1.807, 2.05) is 18.7 Å². The van der Waals surface area contributed by atoms with E-state index in [2.05, 4.69) is 0 Å². The topological polar surface area (TPSA) is 40.6 Å². The summed E-state index contributed by atoms with van der Waals surface area (Å²) in [7, 11) is 0. The standard InChI is InChI=1S/C20H26F2N2O2/c1-13(2)19(25)23-9-7-14(8-10-23)20(26)24(17-5-6-17)12-15-3-4-16(21)11-18(15)22/h3-4,11,13-14,17H,5-10,12H2,1-2H3. The zero-order valence-corrected chi connectivity index (χ0v) is 15.4. The number of amides is 2. The lowest BCUT2D eigenvalue weighted by atomic mass is 9.94. The molecule has 0 radical (unpaired) electrons. The Morgan fingerprint density at radius 2 is 1.81 bits per heavy atom. The number of carbonyl (C=O) groups is 2. The van der Waals surface area contributed by atoms with Gasteiger partial charge in [-0.05, 0) is 31.7 Å². The van der Waals surface area contributed by atoms with E-state index in [1.165, 1.54) is 12.1 Å². The predicted octanol–water partition coefficient (Wildman–Crippen LogP) is 3.35. The summed E-state index contributed by atoms with van der Waals surface area (Å²) in [6.07, 6.45) is 3.15. The predicted molar refractivity (Wildman–Crippen MR) is 94.1 cm³/mol. The van der Waals surface area contributed by atoms with Crippen molar-refractivity contribution in [2.45, 2.75) is 52.1 Å². The minimum Gasteiger partial charge on any atom is -0.342 e. The maximum Gasteiger partial charge on any atom is 0.226 e. The number of carbonyl (C=O) groups excluding carboxylic acids is 2. The van der Waals surface area contributed by atoms with Crippen molar-refractivity contribution in [1.82, 2.24) is 9.80 Å². The van der Waals surface area contributed by atoms with Crippen LogP contribution in [0.4, 0.5) is 8.78 Å². The molecule has 0 bridgehead atoms. The van der Waals surface area contributed by atoms with E-state index in [4.69, 9.17) is 0 Å². The van der Waals surface area contributed by atoms with Crippen LogP contribution in [0.3, 0.4) is 0 Å². The second kappa shape index (κ2) is 7.72. The van der Waals surface area contributed by atoms with Gasteiger partial charge in [0.15, 0.2) is 0 Å². The highest BCUT2D eigenvalue weighted by atomic mass is 19.1. The third kappa shape index (κ3) is 4.22. The largest absolute Gasteiger partial charge is 0.342 e. The first-order valence-corrected chi connectivity index (χ1v) is 9.40. The number of hydrogen-bond donors (Lipinski definition) is 0. The molecule has 0 unspecified atom stereocenters. The van der Waals surface area contributed by atoms with Gasteiger partial charge in [-0.1, -0.05) is 19.9 Å². The zero-order chi connectivity index (χ0) is 18.8. The molecule has 0 atom stereocenters. The molecule has 2 aliphatic rings. The Kier molecular flexibility index (Phi) is 5.58. The highest BCUT2D eigenvalue weighted by molar-refractivity contribution is 5.81. The van der Waals surface area contributed by atoms with Crippen LogP contribution in [0.2, 0.25) is 0 Å². The Morgan fingerprint density at radius 3 is 2.35 bits per heavy atom. The first-order valence-electron chi connectivity index (χ1n) is 9.40. The molecule has 142 valence electrons. The molecule has 26 heavy (non-hydrogen) atoms. The fraction of sp³-hybridized carbons (Fsp3) is 0.600. The van der Waals surface area contributed by atoms with Gasteiger partial charge in [-0.2, -0.15) is 0 Å². The van der Waals surface area contributed by atoms with Gasteiger partial charge in [-0.15, -0.1) is 0 Å². The summed E-state index contributed by atoms with van der Waals surface area (Å²) in [6.45, 7) is 5.13. The third-order valence-electron chi connectivity index (χ3n) is 5.28. The molecule has 1 aliphatic carbocycles. The molecule has 0 N–H and O–H groups in total.